The van der Waals surface area contributed by atoms with Gasteiger partial charge in [0, 0.05) is 31.6 Å². The number of hydrogen-bond donors (Lipinski definition) is 2. The predicted octanol–water partition coefficient (Wildman–Crippen LogP) is 7.01. The highest BCUT2D eigenvalue weighted by Gasteiger charge is 2.39. The van der Waals surface area contributed by atoms with E-state index in [0.29, 0.717) is 31.7 Å². The summed E-state index contributed by atoms with van der Waals surface area (Å²) < 4.78 is 12.5. The topological polar surface area (TPSA) is 108 Å². The smallest absolute Gasteiger partial charge is 0.255 e. The Labute approximate surface area is 317 Å². The molecule has 7 rings (SSSR count). The minimum atomic E-state index is -0.601. The monoisotopic (exact) mass is 727 g/mol. The van der Waals surface area contributed by atoms with Crippen LogP contribution in [0.15, 0.2) is 97.1 Å². The zero-order chi connectivity index (χ0) is 37.4. The Morgan fingerprint density at radius 3 is 2.37 bits per heavy atom. The maximum Gasteiger partial charge on any atom is 0.255 e. The number of carbonyl (C=O) groups is 3. The Bertz CT molecular complexity index is 1980. The lowest BCUT2D eigenvalue weighted by Gasteiger charge is -2.32. The molecule has 3 aliphatic rings. The Kier molecular flexibility index (Phi) is 11.9. The number of allylic oxidation sites excluding steroid dienone is 1. The highest BCUT2D eigenvalue weighted by atomic mass is 16.5. The second-order valence-electron chi connectivity index (χ2n) is 14.4. The van der Waals surface area contributed by atoms with Crippen LogP contribution in [-0.2, 0) is 27.3 Å². The molecule has 2 N–H and O–H groups in total. The molecule has 3 heterocycles. The van der Waals surface area contributed by atoms with Crippen molar-refractivity contribution in [1.29, 1.82) is 0 Å². The SMILES string of the molecule is CCC(=C(c1ccc(O)cc1)c1ccc(OCCCN2CCCC(OCCc3ccc4c(c3)CN(C3CCC(=O)NC3=O)C4=O)C2)cc1)c1ccccc1. The van der Waals surface area contributed by atoms with Crippen LogP contribution in [-0.4, -0.2) is 77.6 Å². The molecular weight excluding hydrogens is 679 g/mol. The molecule has 4 aromatic carbocycles. The largest absolute Gasteiger partial charge is 0.508 e. The summed E-state index contributed by atoms with van der Waals surface area (Å²) in [4.78, 5) is 41.0. The number of rotatable bonds is 14. The first-order chi connectivity index (χ1) is 26.4. The number of likely N-dealkylation sites (tertiary alicyclic amines) is 1. The van der Waals surface area contributed by atoms with Gasteiger partial charge in [0.1, 0.15) is 17.5 Å². The molecule has 2 fully saturated rings. The Morgan fingerprint density at radius 2 is 1.63 bits per heavy atom. The molecule has 9 heteroatoms. The number of hydrogen-bond acceptors (Lipinski definition) is 7. The van der Waals surface area contributed by atoms with Crippen molar-refractivity contribution in [2.75, 3.05) is 32.8 Å². The van der Waals surface area contributed by atoms with E-state index in [9.17, 15) is 19.5 Å². The number of phenolic OH excluding ortho intramolecular Hbond substituents is 1. The molecule has 0 spiro atoms. The molecule has 0 saturated carbocycles. The van der Waals surface area contributed by atoms with Crippen LogP contribution in [0.25, 0.3) is 11.1 Å². The van der Waals surface area contributed by atoms with E-state index in [0.717, 1.165) is 85.3 Å². The van der Waals surface area contributed by atoms with E-state index in [1.165, 1.54) is 11.1 Å². The number of aromatic hydroxyl groups is 1. The maximum atomic E-state index is 13.0. The second kappa shape index (κ2) is 17.3. The average Bonchev–Trinajstić information content (AvgIpc) is 3.51. The normalized spacial score (nSPS) is 19.4. The molecule has 2 saturated heterocycles. The molecule has 0 aromatic heterocycles. The standard InChI is InChI=1S/C45H49N3O6/c1-2-39(32-8-4-3-5-9-32)43(33-12-16-36(49)17-13-33)34-14-18-37(19-15-34)53-26-7-25-47-24-6-10-38(30-47)54-27-23-31-11-20-40-35(28-31)29-48(45(40)52)41-21-22-42(50)46-44(41)51/h3-5,8-9,11-20,28,38,41,49H,2,6-7,10,21-27,29-30H2,1H3,(H,46,50,51). The van der Waals surface area contributed by atoms with Gasteiger partial charge in [0.2, 0.25) is 11.8 Å². The van der Waals surface area contributed by atoms with Gasteiger partial charge in [-0.3, -0.25) is 19.7 Å². The second-order valence-corrected chi connectivity index (χ2v) is 14.4. The molecule has 0 radical (unpaired) electrons. The number of imide groups is 1. The molecule has 2 unspecified atom stereocenters. The van der Waals surface area contributed by atoms with Gasteiger partial charge in [0.15, 0.2) is 0 Å². The van der Waals surface area contributed by atoms with Gasteiger partial charge >= 0.3 is 0 Å². The Morgan fingerprint density at radius 1 is 0.870 bits per heavy atom. The van der Waals surface area contributed by atoms with Crippen LogP contribution in [0.5, 0.6) is 11.5 Å². The van der Waals surface area contributed by atoms with Crippen molar-refractivity contribution in [2.24, 2.45) is 0 Å². The van der Waals surface area contributed by atoms with E-state index in [4.69, 9.17) is 9.47 Å². The molecule has 0 bridgehead atoms. The van der Waals surface area contributed by atoms with Crippen molar-refractivity contribution >= 4 is 28.9 Å². The molecular formula is C45H49N3O6. The summed E-state index contributed by atoms with van der Waals surface area (Å²) in [5.74, 6) is 0.283. The van der Waals surface area contributed by atoms with Crippen LogP contribution in [0.4, 0.5) is 0 Å². The molecule has 280 valence electrons. The number of phenols is 1. The molecule has 2 atom stereocenters. The van der Waals surface area contributed by atoms with Crippen molar-refractivity contribution in [2.45, 2.75) is 70.6 Å². The van der Waals surface area contributed by atoms with Crippen LogP contribution < -0.4 is 10.1 Å². The van der Waals surface area contributed by atoms with Gasteiger partial charge < -0.3 is 24.4 Å². The minimum absolute atomic E-state index is 0.147. The fraction of sp³-hybridized carbons (Fsp3) is 0.356. The molecule has 4 aromatic rings. The van der Waals surface area contributed by atoms with Crippen molar-refractivity contribution in [1.82, 2.24) is 15.1 Å². The lowest BCUT2D eigenvalue weighted by molar-refractivity contribution is -0.136. The van der Waals surface area contributed by atoms with Crippen LogP contribution in [0, 0.1) is 0 Å². The van der Waals surface area contributed by atoms with Crippen molar-refractivity contribution in [3.63, 3.8) is 0 Å². The molecule has 9 nitrogen and oxygen atoms in total. The zero-order valence-electron chi connectivity index (χ0n) is 31.0. The number of carbonyl (C=O) groups excluding carboxylic acids is 3. The molecule has 3 aliphatic heterocycles. The third-order valence-corrected chi connectivity index (χ3v) is 10.8. The van der Waals surface area contributed by atoms with E-state index in [-0.39, 0.29) is 36.0 Å². The summed E-state index contributed by atoms with van der Waals surface area (Å²) in [5, 5.41) is 12.3. The van der Waals surface area contributed by atoms with Crippen molar-refractivity contribution < 1.29 is 29.0 Å². The molecule has 3 amide bonds. The summed E-state index contributed by atoms with van der Waals surface area (Å²) in [5.41, 5.74) is 8.43. The first-order valence-electron chi connectivity index (χ1n) is 19.3. The highest BCUT2D eigenvalue weighted by Crippen LogP contribution is 2.36. The summed E-state index contributed by atoms with van der Waals surface area (Å²) in [7, 11) is 0. The molecule has 54 heavy (non-hydrogen) atoms. The predicted molar refractivity (Wildman–Crippen MR) is 209 cm³/mol. The lowest BCUT2D eigenvalue weighted by Crippen LogP contribution is -2.52. The number of benzene rings is 4. The quantitative estimate of drug-likeness (QED) is 0.0818. The number of nitrogens with one attached hydrogen (secondary N) is 1. The van der Waals surface area contributed by atoms with Crippen molar-refractivity contribution in [3.05, 3.63) is 130 Å². The van der Waals surface area contributed by atoms with Crippen molar-refractivity contribution in [3.8, 4) is 11.5 Å². The number of nitrogens with zero attached hydrogens (tertiary/aromatic N) is 2. The fourth-order valence-electron chi connectivity index (χ4n) is 7.98. The lowest BCUT2D eigenvalue weighted by atomic mass is 9.88. The van der Waals surface area contributed by atoms with Gasteiger partial charge in [0.05, 0.1) is 19.3 Å². The van der Waals surface area contributed by atoms with Gasteiger partial charge in [-0.05, 0) is 114 Å². The minimum Gasteiger partial charge on any atom is -0.508 e. The number of piperidine rings is 2. The summed E-state index contributed by atoms with van der Waals surface area (Å²) in [6.45, 7) is 6.72. The zero-order valence-corrected chi connectivity index (χ0v) is 31.0. The number of ether oxygens (including phenoxy) is 2. The summed E-state index contributed by atoms with van der Waals surface area (Å²) >= 11 is 0. The van der Waals surface area contributed by atoms with Gasteiger partial charge in [-0.15, -0.1) is 0 Å². The van der Waals surface area contributed by atoms with E-state index in [1.807, 2.05) is 42.5 Å². The van der Waals surface area contributed by atoms with Crippen LogP contribution in [0.2, 0.25) is 0 Å². The van der Waals surface area contributed by atoms with E-state index >= 15 is 0 Å². The Hall–Kier alpha value is -5.25. The number of amides is 3. The van der Waals surface area contributed by atoms with E-state index in [1.54, 1.807) is 17.0 Å². The Balaban J connectivity index is 0.868. The average molecular weight is 728 g/mol. The first-order valence-corrected chi connectivity index (χ1v) is 19.3. The van der Waals surface area contributed by atoms with Gasteiger partial charge in [0.25, 0.3) is 5.91 Å². The van der Waals surface area contributed by atoms with Crippen LogP contribution in [0.1, 0.15) is 83.6 Å². The van der Waals surface area contributed by atoms with Gasteiger partial charge in [-0.1, -0.05) is 73.7 Å². The van der Waals surface area contributed by atoms with Crippen LogP contribution in [0.3, 0.4) is 0 Å². The first kappa shape index (κ1) is 37.1. The summed E-state index contributed by atoms with van der Waals surface area (Å²) in [6.07, 6.45) is 5.49. The number of fused-ring (bicyclic) bond motifs is 1. The van der Waals surface area contributed by atoms with E-state index in [2.05, 4.69) is 59.6 Å². The third kappa shape index (κ3) is 8.75. The fourth-order valence-corrected chi connectivity index (χ4v) is 7.98. The van der Waals surface area contributed by atoms with Crippen LogP contribution >= 0.6 is 0 Å². The summed E-state index contributed by atoms with van der Waals surface area (Å²) in [6, 6.07) is 31.5. The highest BCUT2D eigenvalue weighted by molar-refractivity contribution is 6.05. The van der Waals surface area contributed by atoms with E-state index < -0.39 is 6.04 Å². The molecule has 0 aliphatic carbocycles. The third-order valence-electron chi connectivity index (χ3n) is 10.8. The van der Waals surface area contributed by atoms with Gasteiger partial charge in [-0.25, -0.2) is 0 Å². The van der Waals surface area contributed by atoms with Gasteiger partial charge in [-0.2, -0.15) is 0 Å². The maximum absolute atomic E-state index is 13.0.